The number of guanidine groups is 1. The van der Waals surface area contributed by atoms with Gasteiger partial charge in [-0.05, 0) is 27.2 Å². The van der Waals surface area contributed by atoms with E-state index in [9.17, 15) is 8.42 Å². The minimum Gasteiger partial charge on any atom is -0.382 e. The van der Waals surface area contributed by atoms with Crippen LogP contribution in [-0.2, 0) is 19.5 Å². The van der Waals surface area contributed by atoms with Crippen LogP contribution in [0.4, 0.5) is 0 Å². The normalized spacial score (nSPS) is 12.6. The summed E-state index contributed by atoms with van der Waals surface area (Å²) in [5, 5.41) is 6.33. The van der Waals surface area contributed by atoms with Crippen molar-refractivity contribution in [3.8, 4) is 0 Å². The van der Waals surface area contributed by atoms with E-state index in [2.05, 4.69) is 20.3 Å². The Bertz CT molecular complexity index is 444. The molecule has 0 atom stereocenters. The number of ether oxygens (including phenoxy) is 2. The van der Waals surface area contributed by atoms with Crippen molar-refractivity contribution in [2.75, 3.05) is 52.8 Å². The van der Waals surface area contributed by atoms with Crippen molar-refractivity contribution in [3.63, 3.8) is 0 Å². The summed E-state index contributed by atoms with van der Waals surface area (Å²) in [6.07, 6.45) is 1.99. The highest BCUT2D eigenvalue weighted by molar-refractivity contribution is 14.0. The minimum atomic E-state index is -3.26. The van der Waals surface area contributed by atoms with Crippen LogP contribution in [0.15, 0.2) is 4.99 Å². The van der Waals surface area contributed by atoms with Crippen LogP contribution in [0.2, 0.25) is 0 Å². The Hall–Kier alpha value is -0.170. The monoisotopic (exact) mass is 480 g/mol. The summed E-state index contributed by atoms with van der Waals surface area (Å²) in [4.78, 5) is 4.42. The Morgan fingerprint density at radius 3 is 2.38 bits per heavy atom. The molecule has 24 heavy (non-hydrogen) atoms. The topological polar surface area (TPSA) is 101 Å². The van der Waals surface area contributed by atoms with Gasteiger partial charge in [-0.15, -0.1) is 24.0 Å². The van der Waals surface area contributed by atoms with E-state index < -0.39 is 15.6 Å². The SMILES string of the molecule is CCNC(=NCC(C)(C)NS(C)(=O)=O)NCCCOCCOC.I. The van der Waals surface area contributed by atoms with E-state index >= 15 is 0 Å². The number of hydrogen-bond donors (Lipinski definition) is 3. The number of hydrogen-bond acceptors (Lipinski definition) is 5. The van der Waals surface area contributed by atoms with Crippen LogP contribution in [0.1, 0.15) is 27.2 Å². The molecule has 0 fully saturated rings. The fraction of sp³-hybridized carbons (Fsp3) is 0.929. The molecule has 0 bridgehead atoms. The lowest BCUT2D eigenvalue weighted by molar-refractivity contribution is 0.0698. The first-order valence-corrected chi connectivity index (χ1v) is 9.67. The van der Waals surface area contributed by atoms with Gasteiger partial charge in [-0.2, -0.15) is 0 Å². The number of nitrogens with one attached hydrogen (secondary N) is 3. The first-order chi connectivity index (χ1) is 10.7. The maximum atomic E-state index is 11.3. The Balaban J connectivity index is 0. The molecule has 0 saturated carbocycles. The van der Waals surface area contributed by atoms with Crippen molar-refractivity contribution in [3.05, 3.63) is 0 Å². The second-order valence-electron chi connectivity index (χ2n) is 5.84. The lowest BCUT2D eigenvalue weighted by Crippen LogP contribution is -2.46. The zero-order chi connectivity index (χ0) is 17.8. The lowest BCUT2D eigenvalue weighted by Gasteiger charge is -2.23. The van der Waals surface area contributed by atoms with Gasteiger partial charge in [-0.3, -0.25) is 4.99 Å². The molecule has 0 aromatic heterocycles. The molecule has 0 spiro atoms. The summed E-state index contributed by atoms with van der Waals surface area (Å²) in [6, 6.07) is 0. The van der Waals surface area contributed by atoms with Crippen molar-refractivity contribution in [2.24, 2.45) is 4.99 Å². The van der Waals surface area contributed by atoms with Crippen molar-refractivity contribution in [1.29, 1.82) is 0 Å². The Morgan fingerprint density at radius 1 is 1.17 bits per heavy atom. The van der Waals surface area contributed by atoms with Gasteiger partial charge < -0.3 is 20.1 Å². The largest absolute Gasteiger partial charge is 0.382 e. The van der Waals surface area contributed by atoms with Crippen molar-refractivity contribution in [2.45, 2.75) is 32.7 Å². The zero-order valence-corrected chi connectivity index (χ0v) is 18.5. The molecule has 0 aromatic rings. The molecule has 0 unspecified atom stereocenters. The van der Waals surface area contributed by atoms with Gasteiger partial charge in [0, 0.05) is 32.3 Å². The fourth-order valence-corrected chi connectivity index (χ4v) is 2.85. The molecule has 0 aliphatic carbocycles. The Labute approximate surface area is 163 Å². The molecule has 0 aliphatic rings. The van der Waals surface area contributed by atoms with E-state index in [0.717, 1.165) is 25.8 Å². The maximum Gasteiger partial charge on any atom is 0.209 e. The summed E-state index contributed by atoms with van der Waals surface area (Å²) < 4.78 is 35.5. The van der Waals surface area contributed by atoms with Crippen molar-refractivity contribution >= 4 is 40.0 Å². The number of halogens is 1. The lowest BCUT2D eigenvalue weighted by atomic mass is 10.1. The van der Waals surface area contributed by atoms with E-state index in [1.807, 2.05) is 6.92 Å². The molecule has 0 amide bonds. The van der Waals surface area contributed by atoms with Crippen LogP contribution in [0.3, 0.4) is 0 Å². The molecule has 8 nitrogen and oxygen atoms in total. The van der Waals surface area contributed by atoms with Crippen molar-refractivity contribution < 1.29 is 17.9 Å². The summed E-state index contributed by atoms with van der Waals surface area (Å²) in [5.74, 6) is 0.660. The molecule has 0 aromatic carbocycles. The zero-order valence-electron chi connectivity index (χ0n) is 15.3. The molecule has 3 N–H and O–H groups in total. The minimum absolute atomic E-state index is 0. The smallest absolute Gasteiger partial charge is 0.209 e. The van der Waals surface area contributed by atoms with Gasteiger partial charge in [0.15, 0.2) is 5.96 Å². The number of methoxy groups -OCH3 is 1. The molecule has 0 rings (SSSR count). The summed E-state index contributed by atoms with van der Waals surface area (Å²) in [7, 11) is -1.62. The van der Waals surface area contributed by atoms with Crippen LogP contribution in [-0.4, -0.2) is 72.7 Å². The number of nitrogens with zero attached hydrogens (tertiary/aromatic N) is 1. The highest BCUT2D eigenvalue weighted by atomic mass is 127. The molecular formula is C14H33IN4O4S. The average molecular weight is 480 g/mol. The average Bonchev–Trinajstić information content (AvgIpc) is 2.41. The maximum absolute atomic E-state index is 11.3. The number of aliphatic imine (C=N–C) groups is 1. The van der Waals surface area contributed by atoms with Crippen LogP contribution < -0.4 is 15.4 Å². The molecule has 0 aliphatic heterocycles. The standard InChI is InChI=1S/C14H32N4O4S.HI/c1-6-15-13(16-8-7-9-22-11-10-21-4)17-12-14(2,3)18-23(5,19)20;/h18H,6-12H2,1-5H3,(H2,15,16,17);1H. The van der Waals surface area contributed by atoms with Gasteiger partial charge in [0.05, 0.1) is 26.0 Å². The molecule has 10 heteroatoms. The van der Waals surface area contributed by atoms with Gasteiger partial charge in [0.1, 0.15) is 0 Å². The highest BCUT2D eigenvalue weighted by Crippen LogP contribution is 2.04. The summed E-state index contributed by atoms with van der Waals surface area (Å²) in [5.41, 5.74) is -0.640. The van der Waals surface area contributed by atoms with E-state index in [1.54, 1.807) is 21.0 Å². The van der Waals surface area contributed by atoms with Gasteiger partial charge >= 0.3 is 0 Å². The molecule has 146 valence electrons. The van der Waals surface area contributed by atoms with Crippen LogP contribution in [0.5, 0.6) is 0 Å². The Morgan fingerprint density at radius 2 is 1.83 bits per heavy atom. The van der Waals surface area contributed by atoms with Crippen molar-refractivity contribution in [1.82, 2.24) is 15.4 Å². The van der Waals surface area contributed by atoms with Gasteiger partial charge in [-0.1, -0.05) is 0 Å². The quantitative estimate of drug-likeness (QED) is 0.163. The third-order valence-corrected chi connectivity index (χ3v) is 3.55. The number of sulfonamides is 1. The van der Waals surface area contributed by atoms with Gasteiger partial charge in [-0.25, -0.2) is 13.1 Å². The van der Waals surface area contributed by atoms with E-state index in [-0.39, 0.29) is 24.0 Å². The van der Waals surface area contributed by atoms with E-state index in [1.165, 1.54) is 0 Å². The van der Waals surface area contributed by atoms with Crippen LogP contribution in [0.25, 0.3) is 0 Å². The third-order valence-electron chi connectivity index (χ3n) is 2.63. The van der Waals surface area contributed by atoms with Gasteiger partial charge in [0.2, 0.25) is 10.0 Å². The second-order valence-corrected chi connectivity index (χ2v) is 7.59. The van der Waals surface area contributed by atoms with E-state index in [4.69, 9.17) is 9.47 Å². The molecular weight excluding hydrogens is 447 g/mol. The summed E-state index contributed by atoms with van der Waals surface area (Å²) in [6.45, 7) is 9.20. The fourth-order valence-electron chi connectivity index (χ4n) is 1.78. The molecule has 0 heterocycles. The first-order valence-electron chi connectivity index (χ1n) is 7.78. The first kappa shape index (κ1) is 26.1. The molecule has 0 saturated heterocycles. The van der Waals surface area contributed by atoms with Crippen LogP contribution >= 0.6 is 24.0 Å². The van der Waals surface area contributed by atoms with Gasteiger partial charge in [0.25, 0.3) is 0 Å². The summed E-state index contributed by atoms with van der Waals surface area (Å²) >= 11 is 0. The second kappa shape index (κ2) is 14.0. The Kier molecular flexibility index (Phi) is 15.3. The third kappa shape index (κ3) is 16.7. The number of rotatable bonds is 12. The molecule has 0 radical (unpaired) electrons. The predicted octanol–water partition coefficient (Wildman–Crippen LogP) is 0.540. The van der Waals surface area contributed by atoms with E-state index in [0.29, 0.717) is 32.3 Å². The predicted molar refractivity (Wildman–Crippen MR) is 109 cm³/mol. The highest BCUT2D eigenvalue weighted by Gasteiger charge is 2.21. The van der Waals surface area contributed by atoms with Crippen LogP contribution in [0, 0.1) is 0 Å².